The van der Waals surface area contributed by atoms with E-state index >= 15 is 0 Å². The van der Waals surface area contributed by atoms with E-state index in [0.29, 0.717) is 44.7 Å². The lowest BCUT2D eigenvalue weighted by atomic mass is 10.0. The molecule has 0 radical (unpaired) electrons. The van der Waals surface area contributed by atoms with Crippen molar-refractivity contribution in [1.82, 2.24) is 15.5 Å². The largest absolute Gasteiger partial charge is 0.459 e. The number of hydrogen-bond donors (Lipinski definition) is 2. The summed E-state index contributed by atoms with van der Waals surface area (Å²) in [6.07, 6.45) is 3.77. The van der Waals surface area contributed by atoms with Crippen molar-refractivity contribution >= 4 is 17.7 Å². The molecule has 31 heavy (non-hydrogen) atoms. The Labute approximate surface area is 183 Å². The van der Waals surface area contributed by atoms with Crippen molar-refractivity contribution < 1.29 is 18.8 Å². The van der Waals surface area contributed by atoms with Gasteiger partial charge in [0, 0.05) is 32.0 Å². The third-order valence-electron chi connectivity index (χ3n) is 5.43. The minimum absolute atomic E-state index is 0.0191. The summed E-state index contributed by atoms with van der Waals surface area (Å²) >= 11 is 0. The predicted molar refractivity (Wildman–Crippen MR) is 117 cm³/mol. The number of likely N-dealkylation sites (tertiary alicyclic amines) is 1. The minimum atomic E-state index is -0.722. The molecular weight excluding hydrogens is 394 g/mol. The summed E-state index contributed by atoms with van der Waals surface area (Å²) in [4.78, 5) is 39.7. The second kappa shape index (κ2) is 10.8. The van der Waals surface area contributed by atoms with Crippen molar-refractivity contribution in [2.75, 3.05) is 13.1 Å². The van der Waals surface area contributed by atoms with Gasteiger partial charge in [-0.05, 0) is 36.5 Å². The zero-order valence-electron chi connectivity index (χ0n) is 18.2. The highest BCUT2D eigenvalue weighted by molar-refractivity contribution is 5.95. The molecule has 2 aromatic rings. The molecule has 0 spiro atoms. The van der Waals surface area contributed by atoms with Crippen LogP contribution in [0.3, 0.4) is 0 Å². The van der Waals surface area contributed by atoms with E-state index in [-0.39, 0.29) is 23.6 Å². The summed E-state index contributed by atoms with van der Waals surface area (Å²) in [5, 5.41) is 5.86. The van der Waals surface area contributed by atoms with E-state index < -0.39 is 11.9 Å². The minimum Gasteiger partial charge on any atom is -0.459 e. The monoisotopic (exact) mass is 425 g/mol. The van der Waals surface area contributed by atoms with E-state index in [2.05, 4.69) is 10.6 Å². The Hall–Kier alpha value is -3.09. The van der Waals surface area contributed by atoms with Gasteiger partial charge in [0.25, 0.3) is 5.91 Å². The van der Waals surface area contributed by atoms with E-state index in [9.17, 15) is 14.4 Å². The number of carbonyl (C=O) groups is 3. The van der Waals surface area contributed by atoms with Crippen molar-refractivity contribution in [1.29, 1.82) is 0 Å². The van der Waals surface area contributed by atoms with Gasteiger partial charge in [0.1, 0.15) is 6.04 Å². The summed E-state index contributed by atoms with van der Waals surface area (Å²) < 4.78 is 5.16. The molecule has 1 fully saturated rings. The maximum atomic E-state index is 13.0. The SMILES string of the molecule is CC(C)CC(=O)N1CCC(NC(=O)C(Cc2ccccc2)NC(=O)c2ccco2)CC1. The molecule has 7 heteroatoms. The number of nitrogens with zero attached hydrogens (tertiary/aromatic N) is 1. The highest BCUT2D eigenvalue weighted by atomic mass is 16.3. The van der Waals surface area contributed by atoms with Crippen LogP contribution in [0.2, 0.25) is 0 Å². The van der Waals surface area contributed by atoms with Gasteiger partial charge in [-0.2, -0.15) is 0 Å². The van der Waals surface area contributed by atoms with E-state index in [0.717, 1.165) is 5.56 Å². The molecule has 0 aliphatic carbocycles. The van der Waals surface area contributed by atoms with Crippen LogP contribution in [-0.2, 0) is 16.0 Å². The van der Waals surface area contributed by atoms with Crippen molar-refractivity contribution in [3.8, 4) is 0 Å². The Bertz CT molecular complexity index is 856. The molecule has 3 amide bonds. The first-order chi connectivity index (χ1) is 14.9. The van der Waals surface area contributed by atoms with Gasteiger partial charge in [-0.15, -0.1) is 0 Å². The number of carbonyl (C=O) groups excluding carboxylic acids is 3. The van der Waals surface area contributed by atoms with Crippen LogP contribution in [0, 0.1) is 5.92 Å². The molecule has 2 N–H and O–H groups in total. The quantitative estimate of drug-likeness (QED) is 0.680. The Morgan fingerprint density at radius 2 is 1.77 bits per heavy atom. The van der Waals surface area contributed by atoms with Crippen LogP contribution < -0.4 is 10.6 Å². The van der Waals surface area contributed by atoms with Gasteiger partial charge in [0.2, 0.25) is 11.8 Å². The lowest BCUT2D eigenvalue weighted by molar-refractivity contribution is -0.133. The summed E-state index contributed by atoms with van der Waals surface area (Å²) in [7, 11) is 0. The summed E-state index contributed by atoms with van der Waals surface area (Å²) in [6, 6.07) is 12.0. The second-order valence-corrected chi connectivity index (χ2v) is 8.45. The molecule has 0 bridgehead atoms. The second-order valence-electron chi connectivity index (χ2n) is 8.45. The van der Waals surface area contributed by atoms with Crippen molar-refractivity contribution in [3.63, 3.8) is 0 Å². The molecule has 7 nitrogen and oxygen atoms in total. The summed E-state index contributed by atoms with van der Waals surface area (Å²) in [6.45, 7) is 5.35. The molecule has 1 aromatic heterocycles. The van der Waals surface area contributed by atoms with Crippen molar-refractivity contribution in [3.05, 3.63) is 60.1 Å². The molecular formula is C24H31N3O4. The predicted octanol–water partition coefficient (Wildman–Crippen LogP) is 2.77. The van der Waals surface area contributed by atoms with Crippen molar-refractivity contribution in [2.45, 2.75) is 51.6 Å². The average molecular weight is 426 g/mol. The fourth-order valence-electron chi connectivity index (χ4n) is 3.75. The molecule has 1 unspecified atom stereocenters. The Morgan fingerprint density at radius 3 is 2.39 bits per heavy atom. The Kier molecular flexibility index (Phi) is 7.87. The normalized spacial score (nSPS) is 15.5. The van der Waals surface area contributed by atoms with Gasteiger partial charge in [0.05, 0.1) is 6.26 Å². The van der Waals surface area contributed by atoms with Crippen LogP contribution >= 0.6 is 0 Å². The number of piperidine rings is 1. The van der Waals surface area contributed by atoms with Gasteiger partial charge in [0.15, 0.2) is 5.76 Å². The molecule has 1 atom stereocenters. The maximum absolute atomic E-state index is 13.0. The van der Waals surface area contributed by atoms with E-state index in [1.54, 1.807) is 12.1 Å². The molecule has 1 aliphatic heterocycles. The topological polar surface area (TPSA) is 91.7 Å². The Morgan fingerprint density at radius 1 is 1.06 bits per heavy atom. The Balaban J connectivity index is 1.59. The number of furan rings is 1. The first-order valence-corrected chi connectivity index (χ1v) is 10.9. The van der Waals surface area contributed by atoms with Crippen LogP contribution in [0.4, 0.5) is 0 Å². The smallest absolute Gasteiger partial charge is 0.287 e. The fourth-order valence-corrected chi connectivity index (χ4v) is 3.75. The van der Waals surface area contributed by atoms with E-state index in [1.807, 2.05) is 49.1 Å². The fraction of sp³-hybridized carbons (Fsp3) is 0.458. The number of benzene rings is 1. The van der Waals surface area contributed by atoms with Gasteiger partial charge in [-0.1, -0.05) is 44.2 Å². The summed E-state index contributed by atoms with van der Waals surface area (Å²) in [5.74, 6) is 0.0302. The lowest BCUT2D eigenvalue weighted by Crippen LogP contribution is -2.53. The highest BCUT2D eigenvalue weighted by Crippen LogP contribution is 2.14. The van der Waals surface area contributed by atoms with Crippen molar-refractivity contribution in [2.24, 2.45) is 5.92 Å². The van der Waals surface area contributed by atoms with Gasteiger partial charge in [-0.25, -0.2) is 0 Å². The number of nitrogens with one attached hydrogen (secondary N) is 2. The van der Waals surface area contributed by atoms with Crippen LogP contribution in [0.25, 0.3) is 0 Å². The van der Waals surface area contributed by atoms with Crippen LogP contribution in [0.15, 0.2) is 53.1 Å². The number of hydrogen-bond acceptors (Lipinski definition) is 4. The third kappa shape index (κ3) is 6.70. The van der Waals surface area contributed by atoms with Crippen LogP contribution in [0.5, 0.6) is 0 Å². The zero-order valence-corrected chi connectivity index (χ0v) is 18.2. The molecule has 0 saturated carbocycles. The summed E-state index contributed by atoms with van der Waals surface area (Å²) in [5.41, 5.74) is 0.955. The molecule has 2 heterocycles. The maximum Gasteiger partial charge on any atom is 0.287 e. The molecule has 1 saturated heterocycles. The molecule has 1 aromatic carbocycles. The van der Waals surface area contributed by atoms with E-state index in [4.69, 9.17) is 4.42 Å². The van der Waals surface area contributed by atoms with E-state index in [1.165, 1.54) is 6.26 Å². The first kappa shape index (κ1) is 22.6. The third-order valence-corrected chi connectivity index (χ3v) is 5.43. The lowest BCUT2D eigenvalue weighted by Gasteiger charge is -2.33. The number of amides is 3. The van der Waals surface area contributed by atoms with Gasteiger partial charge in [-0.3, -0.25) is 14.4 Å². The van der Waals surface area contributed by atoms with Gasteiger partial charge < -0.3 is 20.0 Å². The molecule has 3 rings (SSSR count). The molecule has 1 aliphatic rings. The molecule has 166 valence electrons. The standard InChI is InChI=1S/C24H31N3O4/c1-17(2)15-22(28)27-12-10-19(11-13-27)25-23(29)20(16-18-7-4-3-5-8-18)26-24(30)21-9-6-14-31-21/h3-9,14,17,19-20H,10-13,15-16H2,1-2H3,(H,25,29)(H,26,30). The average Bonchev–Trinajstić information content (AvgIpc) is 3.29. The van der Waals surface area contributed by atoms with Crippen LogP contribution in [0.1, 0.15) is 49.2 Å². The van der Waals surface area contributed by atoms with Crippen LogP contribution in [-0.4, -0.2) is 47.8 Å². The first-order valence-electron chi connectivity index (χ1n) is 10.9. The zero-order chi connectivity index (χ0) is 22.2. The number of rotatable bonds is 8. The van der Waals surface area contributed by atoms with Gasteiger partial charge >= 0.3 is 0 Å². The highest BCUT2D eigenvalue weighted by Gasteiger charge is 2.28.